The molecule has 1 saturated heterocycles. The molecule has 1 aromatic heterocycles. The SMILES string of the molecule is COc1ccc(C(OC[C@H]2O[C@@H](n3cc(CCC=O)c(=O)[nH]c3=O)C[C@@H]2O)(c2ccccc2)c2ccc(OC)cc2)cc1. The molecule has 0 amide bonds. The van der Waals surface area contributed by atoms with Crippen LogP contribution >= 0.6 is 0 Å². The summed E-state index contributed by atoms with van der Waals surface area (Å²) >= 11 is 0. The minimum atomic E-state index is -1.11. The Kier molecular flexibility index (Phi) is 9.20. The summed E-state index contributed by atoms with van der Waals surface area (Å²) in [4.78, 5) is 38.0. The minimum Gasteiger partial charge on any atom is -0.497 e. The number of nitrogens with zero attached hydrogens (tertiary/aromatic N) is 1. The first-order chi connectivity index (χ1) is 20.9. The van der Waals surface area contributed by atoms with Gasteiger partial charge in [0.25, 0.3) is 5.56 Å². The van der Waals surface area contributed by atoms with Crippen molar-refractivity contribution in [1.82, 2.24) is 9.55 Å². The average molecular weight is 587 g/mol. The Morgan fingerprint density at radius 1 is 0.930 bits per heavy atom. The van der Waals surface area contributed by atoms with E-state index in [9.17, 15) is 19.5 Å². The summed E-state index contributed by atoms with van der Waals surface area (Å²) in [6.07, 6.45) is -0.0395. The van der Waals surface area contributed by atoms with Crippen LogP contribution in [0.1, 0.15) is 41.3 Å². The van der Waals surface area contributed by atoms with Gasteiger partial charge in [-0.3, -0.25) is 14.3 Å². The van der Waals surface area contributed by atoms with Crippen LogP contribution in [0.2, 0.25) is 0 Å². The molecule has 0 spiro atoms. The summed E-state index contributed by atoms with van der Waals surface area (Å²) in [5, 5.41) is 11.1. The van der Waals surface area contributed by atoms with Gasteiger partial charge in [-0.1, -0.05) is 54.6 Å². The van der Waals surface area contributed by atoms with E-state index in [-0.39, 0.29) is 31.4 Å². The predicted molar refractivity (Wildman–Crippen MR) is 159 cm³/mol. The molecule has 2 heterocycles. The summed E-state index contributed by atoms with van der Waals surface area (Å²) in [6, 6.07) is 24.9. The summed E-state index contributed by atoms with van der Waals surface area (Å²) in [6.45, 7) is -0.0271. The molecule has 0 unspecified atom stereocenters. The Bertz CT molecular complexity index is 1580. The molecular formula is C33H34N2O8. The van der Waals surface area contributed by atoms with Gasteiger partial charge in [-0.15, -0.1) is 0 Å². The highest BCUT2D eigenvalue weighted by Crippen LogP contribution is 2.42. The molecule has 1 aliphatic rings. The number of hydrogen-bond donors (Lipinski definition) is 2. The summed E-state index contributed by atoms with van der Waals surface area (Å²) in [7, 11) is 3.21. The number of carbonyl (C=O) groups is 1. The quantitative estimate of drug-likeness (QED) is 0.191. The Morgan fingerprint density at radius 3 is 2.07 bits per heavy atom. The molecule has 5 rings (SSSR count). The molecule has 4 aromatic rings. The molecule has 0 saturated carbocycles. The minimum absolute atomic E-state index is 0.0271. The van der Waals surface area contributed by atoms with E-state index in [0.717, 1.165) is 16.7 Å². The number of carbonyl (C=O) groups excluding carboxylic acids is 1. The van der Waals surface area contributed by atoms with Crippen LogP contribution in [0.3, 0.4) is 0 Å². The van der Waals surface area contributed by atoms with E-state index in [4.69, 9.17) is 18.9 Å². The van der Waals surface area contributed by atoms with Crippen molar-refractivity contribution >= 4 is 6.29 Å². The number of hydrogen-bond acceptors (Lipinski definition) is 8. The second kappa shape index (κ2) is 13.2. The number of H-pyrrole nitrogens is 1. The Labute approximate surface area is 248 Å². The number of aliphatic hydroxyl groups excluding tert-OH is 1. The highest BCUT2D eigenvalue weighted by molar-refractivity contribution is 5.50. The lowest BCUT2D eigenvalue weighted by atomic mass is 9.80. The lowest BCUT2D eigenvalue weighted by Crippen LogP contribution is -2.38. The maximum Gasteiger partial charge on any atom is 0.330 e. The van der Waals surface area contributed by atoms with Crippen LogP contribution in [0.15, 0.2) is 94.6 Å². The zero-order chi connectivity index (χ0) is 30.4. The van der Waals surface area contributed by atoms with E-state index in [1.165, 1.54) is 10.8 Å². The molecule has 1 aliphatic heterocycles. The predicted octanol–water partition coefficient (Wildman–Crippen LogP) is 3.34. The molecule has 2 N–H and O–H groups in total. The topological polar surface area (TPSA) is 129 Å². The van der Waals surface area contributed by atoms with Crippen molar-refractivity contribution in [2.75, 3.05) is 20.8 Å². The van der Waals surface area contributed by atoms with Crippen molar-refractivity contribution in [3.05, 3.63) is 128 Å². The summed E-state index contributed by atoms with van der Waals surface area (Å²) < 4.78 is 25.1. The van der Waals surface area contributed by atoms with Gasteiger partial charge in [0.05, 0.1) is 26.9 Å². The molecular weight excluding hydrogens is 552 g/mol. The maximum absolute atomic E-state index is 12.7. The van der Waals surface area contributed by atoms with E-state index in [1.807, 2.05) is 78.9 Å². The first kappa shape index (κ1) is 30.0. The van der Waals surface area contributed by atoms with Crippen molar-refractivity contribution in [1.29, 1.82) is 0 Å². The normalized spacial score (nSPS) is 18.3. The molecule has 1 fully saturated rings. The zero-order valence-electron chi connectivity index (χ0n) is 24.0. The maximum atomic E-state index is 12.7. The number of nitrogens with one attached hydrogen (secondary N) is 1. The largest absolute Gasteiger partial charge is 0.497 e. The van der Waals surface area contributed by atoms with Crippen molar-refractivity contribution in [2.45, 2.75) is 43.3 Å². The van der Waals surface area contributed by atoms with Crippen molar-refractivity contribution < 1.29 is 28.8 Å². The third-order valence-corrected chi connectivity index (χ3v) is 7.73. The molecule has 224 valence electrons. The molecule has 0 aliphatic carbocycles. The van der Waals surface area contributed by atoms with Gasteiger partial charge < -0.3 is 28.8 Å². The van der Waals surface area contributed by atoms with Crippen LogP contribution in [-0.2, 0) is 26.3 Å². The zero-order valence-corrected chi connectivity index (χ0v) is 24.0. The van der Waals surface area contributed by atoms with Crippen LogP contribution in [0.4, 0.5) is 0 Å². The number of ether oxygens (including phenoxy) is 4. The van der Waals surface area contributed by atoms with Crippen LogP contribution < -0.4 is 20.7 Å². The lowest BCUT2D eigenvalue weighted by molar-refractivity contribution is -0.107. The number of aromatic nitrogens is 2. The second-order valence-corrected chi connectivity index (χ2v) is 10.3. The number of aromatic amines is 1. The fourth-order valence-corrected chi connectivity index (χ4v) is 5.45. The first-order valence-electron chi connectivity index (χ1n) is 14.0. The van der Waals surface area contributed by atoms with E-state index in [0.29, 0.717) is 17.8 Å². The second-order valence-electron chi connectivity index (χ2n) is 10.3. The number of aliphatic hydroxyl groups is 1. The average Bonchev–Trinajstić information content (AvgIpc) is 3.41. The number of aryl methyl sites for hydroxylation is 1. The van der Waals surface area contributed by atoms with Gasteiger partial charge in [0.15, 0.2) is 0 Å². The fourth-order valence-electron chi connectivity index (χ4n) is 5.45. The molecule has 43 heavy (non-hydrogen) atoms. The van der Waals surface area contributed by atoms with Crippen molar-refractivity contribution in [2.24, 2.45) is 0 Å². The highest BCUT2D eigenvalue weighted by atomic mass is 16.6. The van der Waals surface area contributed by atoms with Crippen LogP contribution in [0.5, 0.6) is 11.5 Å². The standard InChI is InChI=1S/C33H34N2O8/c1-40-26-14-10-24(11-15-26)33(23-8-4-3-5-9-23,25-12-16-27(41-2)17-13-25)42-21-29-28(37)19-30(43-29)35-20-22(7-6-18-36)31(38)34-32(35)39/h3-5,8-18,20,28-30,37H,6-7,19,21H2,1-2H3,(H,34,38,39)/t28-,29+,30+/m0/s1. The van der Waals surface area contributed by atoms with Crippen LogP contribution in [0.25, 0.3) is 0 Å². The van der Waals surface area contributed by atoms with Gasteiger partial charge in [-0.05, 0) is 47.4 Å². The molecule has 10 heteroatoms. The van der Waals surface area contributed by atoms with Gasteiger partial charge in [0.1, 0.15) is 35.7 Å². The van der Waals surface area contributed by atoms with E-state index in [1.54, 1.807) is 14.2 Å². The summed E-state index contributed by atoms with van der Waals surface area (Å²) in [5.74, 6) is 1.38. The fraction of sp³-hybridized carbons (Fsp3) is 0.303. The number of rotatable bonds is 12. The van der Waals surface area contributed by atoms with Gasteiger partial charge in [0, 0.05) is 24.6 Å². The number of benzene rings is 3. The Hall–Kier alpha value is -4.51. The van der Waals surface area contributed by atoms with Gasteiger partial charge in [-0.2, -0.15) is 0 Å². The van der Waals surface area contributed by atoms with Crippen molar-refractivity contribution in [3.8, 4) is 11.5 Å². The monoisotopic (exact) mass is 586 g/mol. The smallest absolute Gasteiger partial charge is 0.330 e. The van der Waals surface area contributed by atoms with Gasteiger partial charge >= 0.3 is 5.69 Å². The third kappa shape index (κ3) is 6.17. The Morgan fingerprint density at radius 2 is 1.51 bits per heavy atom. The first-order valence-corrected chi connectivity index (χ1v) is 14.0. The van der Waals surface area contributed by atoms with E-state index >= 15 is 0 Å². The van der Waals surface area contributed by atoms with Crippen molar-refractivity contribution in [3.63, 3.8) is 0 Å². The number of methoxy groups -OCH3 is 2. The molecule has 0 radical (unpaired) electrons. The third-order valence-electron chi connectivity index (χ3n) is 7.73. The van der Waals surface area contributed by atoms with E-state index < -0.39 is 35.3 Å². The van der Waals surface area contributed by atoms with Gasteiger partial charge in [0.2, 0.25) is 0 Å². The molecule has 10 nitrogen and oxygen atoms in total. The number of aldehydes is 1. The molecule has 0 bridgehead atoms. The molecule has 3 aromatic carbocycles. The Balaban J connectivity index is 1.51. The summed E-state index contributed by atoms with van der Waals surface area (Å²) in [5.41, 5.74) is 0.466. The molecule has 3 atom stereocenters. The van der Waals surface area contributed by atoms with Gasteiger partial charge in [-0.25, -0.2) is 4.79 Å². The van der Waals surface area contributed by atoms with E-state index in [2.05, 4.69) is 4.98 Å². The lowest BCUT2D eigenvalue weighted by Gasteiger charge is -2.37. The van der Waals surface area contributed by atoms with Crippen LogP contribution in [-0.4, -0.2) is 54.0 Å². The highest BCUT2D eigenvalue weighted by Gasteiger charge is 2.42. The van der Waals surface area contributed by atoms with Crippen LogP contribution in [0, 0.1) is 0 Å².